The number of aromatic nitrogens is 2. The van der Waals surface area contributed by atoms with Gasteiger partial charge in [0.15, 0.2) is 12.1 Å². The van der Waals surface area contributed by atoms with Crippen LogP contribution in [0.1, 0.15) is 48.1 Å². The number of carbonyl (C=O) groups is 1. The fourth-order valence-electron chi connectivity index (χ4n) is 2.12. The van der Waals surface area contributed by atoms with E-state index in [1.54, 1.807) is 0 Å². The second-order valence-electron chi connectivity index (χ2n) is 4.88. The first-order valence-electron chi connectivity index (χ1n) is 6.18. The normalized spacial score (nSPS) is 17.4. The molecule has 1 atom stereocenters. The molecule has 1 aromatic rings. The predicted octanol–water partition coefficient (Wildman–Crippen LogP) is 2.51. The highest BCUT2D eigenvalue weighted by molar-refractivity contribution is 5.70. The van der Waals surface area contributed by atoms with Crippen molar-refractivity contribution in [2.45, 2.75) is 46.1 Å². The first kappa shape index (κ1) is 12.0. The molecule has 1 saturated carbocycles. The monoisotopic (exact) mass is 233 g/mol. The molecule has 0 aliphatic heterocycles. The van der Waals surface area contributed by atoms with Crippen LogP contribution in [0.3, 0.4) is 0 Å². The molecule has 0 saturated heterocycles. The molecular formula is C13H19N3O. The van der Waals surface area contributed by atoms with E-state index >= 15 is 0 Å². The van der Waals surface area contributed by atoms with Gasteiger partial charge < -0.3 is 5.32 Å². The summed E-state index contributed by atoms with van der Waals surface area (Å²) in [4.78, 5) is 19.1. The Morgan fingerprint density at radius 3 is 2.59 bits per heavy atom. The molecule has 1 N–H and O–H groups in total. The minimum absolute atomic E-state index is 0.261. The summed E-state index contributed by atoms with van der Waals surface area (Å²) in [6, 6.07) is 0.413. The molecule has 0 bridgehead atoms. The quantitative estimate of drug-likeness (QED) is 0.812. The van der Waals surface area contributed by atoms with Crippen LogP contribution in [0.2, 0.25) is 0 Å². The van der Waals surface area contributed by atoms with Crippen LogP contribution in [0, 0.1) is 19.8 Å². The summed E-state index contributed by atoms with van der Waals surface area (Å²) in [5.41, 5.74) is 1.90. The highest BCUT2D eigenvalue weighted by Crippen LogP contribution is 2.31. The Labute approximate surface area is 102 Å². The van der Waals surface area contributed by atoms with Crippen LogP contribution >= 0.6 is 0 Å². The van der Waals surface area contributed by atoms with E-state index in [1.165, 1.54) is 19.3 Å². The third kappa shape index (κ3) is 2.46. The summed E-state index contributed by atoms with van der Waals surface area (Å²) in [6.45, 7) is 6.07. The molecule has 0 amide bonds. The zero-order chi connectivity index (χ0) is 12.4. The van der Waals surface area contributed by atoms with Crippen molar-refractivity contribution in [3.8, 4) is 0 Å². The fourth-order valence-corrected chi connectivity index (χ4v) is 2.12. The summed E-state index contributed by atoms with van der Waals surface area (Å²) in [7, 11) is 0. The minimum atomic E-state index is 0.261. The van der Waals surface area contributed by atoms with E-state index in [0.717, 1.165) is 23.0 Å². The van der Waals surface area contributed by atoms with Gasteiger partial charge in [-0.05, 0) is 39.5 Å². The highest BCUT2D eigenvalue weighted by atomic mass is 16.1. The van der Waals surface area contributed by atoms with E-state index in [1.807, 2.05) is 13.8 Å². The van der Waals surface area contributed by atoms with Crippen LogP contribution in [0.5, 0.6) is 0 Å². The number of nitrogens with one attached hydrogen (secondary N) is 1. The number of aryl methyl sites for hydroxylation is 1. The van der Waals surface area contributed by atoms with Gasteiger partial charge in [-0.3, -0.25) is 4.79 Å². The Morgan fingerprint density at radius 2 is 2.06 bits per heavy atom. The summed E-state index contributed by atoms with van der Waals surface area (Å²) < 4.78 is 0. The van der Waals surface area contributed by atoms with Gasteiger partial charge in [0.25, 0.3) is 0 Å². The van der Waals surface area contributed by atoms with Gasteiger partial charge in [-0.25, -0.2) is 9.97 Å². The Bertz CT molecular complexity index is 427. The van der Waals surface area contributed by atoms with Crippen LogP contribution in [-0.2, 0) is 0 Å². The third-order valence-electron chi connectivity index (χ3n) is 3.73. The number of carbonyl (C=O) groups excluding carboxylic acids is 1. The van der Waals surface area contributed by atoms with E-state index in [9.17, 15) is 4.79 Å². The Hall–Kier alpha value is -1.45. The number of rotatable bonds is 4. The second-order valence-corrected chi connectivity index (χ2v) is 4.88. The molecule has 1 aliphatic rings. The van der Waals surface area contributed by atoms with Crippen molar-refractivity contribution in [1.29, 1.82) is 0 Å². The van der Waals surface area contributed by atoms with Crippen molar-refractivity contribution in [1.82, 2.24) is 9.97 Å². The van der Waals surface area contributed by atoms with Gasteiger partial charge in [0.2, 0.25) is 0 Å². The molecular weight excluding hydrogens is 214 g/mol. The molecule has 0 spiro atoms. The summed E-state index contributed by atoms with van der Waals surface area (Å²) in [5.74, 6) is 1.81. The standard InChI is InChI=1S/C13H19N3O/c1-8-9(2)14-12(7-17)16-13(8)15-10(3)11-5-4-6-11/h7,10-11H,4-6H2,1-3H3,(H,14,15,16)/t10-/m1/s1. The Balaban J connectivity index is 2.18. The van der Waals surface area contributed by atoms with Crippen molar-refractivity contribution in [3.63, 3.8) is 0 Å². The first-order chi connectivity index (χ1) is 8.11. The molecule has 1 fully saturated rings. The number of hydrogen-bond acceptors (Lipinski definition) is 4. The van der Waals surface area contributed by atoms with E-state index < -0.39 is 0 Å². The lowest BCUT2D eigenvalue weighted by atomic mass is 9.80. The lowest BCUT2D eigenvalue weighted by molar-refractivity contribution is 0.111. The highest BCUT2D eigenvalue weighted by Gasteiger charge is 2.24. The van der Waals surface area contributed by atoms with Crippen LogP contribution in [-0.4, -0.2) is 22.3 Å². The van der Waals surface area contributed by atoms with Gasteiger partial charge in [-0.2, -0.15) is 0 Å². The smallest absolute Gasteiger partial charge is 0.194 e. The summed E-state index contributed by atoms with van der Waals surface area (Å²) in [6.07, 6.45) is 4.61. The number of anilines is 1. The van der Waals surface area contributed by atoms with Gasteiger partial charge in [-0.15, -0.1) is 0 Å². The molecule has 1 aliphatic carbocycles. The van der Waals surface area contributed by atoms with Crippen molar-refractivity contribution in [3.05, 3.63) is 17.1 Å². The maximum absolute atomic E-state index is 10.8. The van der Waals surface area contributed by atoms with Crippen molar-refractivity contribution in [2.24, 2.45) is 5.92 Å². The minimum Gasteiger partial charge on any atom is -0.367 e. The van der Waals surface area contributed by atoms with Gasteiger partial charge in [0, 0.05) is 17.3 Å². The maximum Gasteiger partial charge on any atom is 0.194 e. The molecule has 0 aromatic carbocycles. The fraction of sp³-hybridized carbons (Fsp3) is 0.615. The van der Waals surface area contributed by atoms with Crippen molar-refractivity contribution in [2.75, 3.05) is 5.32 Å². The lowest BCUT2D eigenvalue weighted by Gasteiger charge is -2.32. The number of hydrogen-bond donors (Lipinski definition) is 1. The predicted molar refractivity (Wildman–Crippen MR) is 67.3 cm³/mol. The van der Waals surface area contributed by atoms with Crippen molar-refractivity contribution < 1.29 is 4.79 Å². The topological polar surface area (TPSA) is 54.9 Å². The molecule has 1 heterocycles. The van der Waals surface area contributed by atoms with E-state index in [-0.39, 0.29) is 5.82 Å². The SMILES string of the molecule is Cc1nc(C=O)nc(N[C@H](C)C2CCC2)c1C. The summed E-state index contributed by atoms with van der Waals surface area (Å²) >= 11 is 0. The molecule has 4 nitrogen and oxygen atoms in total. The second kappa shape index (κ2) is 4.82. The molecule has 92 valence electrons. The van der Waals surface area contributed by atoms with Crippen LogP contribution in [0.15, 0.2) is 0 Å². The van der Waals surface area contributed by atoms with Crippen LogP contribution in [0.25, 0.3) is 0 Å². The largest absolute Gasteiger partial charge is 0.367 e. The Kier molecular flexibility index (Phi) is 3.41. The van der Waals surface area contributed by atoms with Gasteiger partial charge >= 0.3 is 0 Å². The molecule has 0 unspecified atom stereocenters. The van der Waals surface area contributed by atoms with Gasteiger partial charge in [-0.1, -0.05) is 6.42 Å². The zero-order valence-electron chi connectivity index (χ0n) is 10.7. The Morgan fingerprint density at radius 1 is 1.35 bits per heavy atom. The molecule has 17 heavy (non-hydrogen) atoms. The maximum atomic E-state index is 10.8. The number of nitrogens with zero attached hydrogens (tertiary/aromatic N) is 2. The first-order valence-corrected chi connectivity index (χ1v) is 6.18. The van der Waals surface area contributed by atoms with Gasteiger partial charge in [0.1, 0.15) is 5.82 Å². The molecule has 0 radical (unpaired) electrons. The van der Waals surface area contributed by atoms with Crippen molar-refractivity contribution >= 4 is 12.1 Å². The molecule has 4 heteroatoms. The average Bonchev–Trinajstić information content (AvgIpc) is 2.21. The van der Waals surface area contributed by atoms with Crippen LogP contribution in [0.4, 0.5) is 5.82 Å². The van der Waals surface area contributed by atoms with Crippen LogP contribution < -0.4 is 5.32 Å². The summed E-state index contributed by atoms with van der Waals surface area (Å²) in [5, 5.41) is 3.42. The van der Waals surface area contributed by atoms with E-state index in [4.69, 9.17) is 0 Å². The van der Waals surface area contributed by atoms with E-state index in [2.05, 4.69) is 22.2 Å². The third-order valence-corrected chi connectivity index (χ3v) is 3.73. The van der Waals surface area contributed by atoms with E-state index in [0.29, 0.717) is 12.3 Å². The number of aldehydes is 1. The molecule has 1 aromatic heterocycles. The average molecular weight is 233 g/mol. The van der Waals surface area contributed by atoms with Gasteiger partial charge in [0.05, 0.1) is 0 Å². The zero-order valence-corrected chi connectivity index (χ0v) is 10.7. The molecule has 2 rings (SSSR count). The lowest BCUT2D eigenvalue weighted by Crippen LogP contribution is -2.31.